The van der Waals surface area contributed by atoms with Gasteiger partial charge in [0, 0.05) is 35.7 Å². The number of nitrogens with zero attached hydrogens (tertiary/aromatic N) is 3. The number of aldehydes is 1. The van der Waals surface area contributed by atoms with Gasteiger partial charge in [-0.3, -0.25) is 14.7 Å². The molecule has 0 aliphatic carbocycles. The summed E-state index contributed by atoms with van der Waals surface area (Å²) in [6.07, 6.45) is 0.680. The Balaban J connectivity index is 1.54. The maximum Gasteiger partial charge on any atom is 0.254 e. The molecule has 2 aromatic carbocycles. The van der Waals surface area contributed by atoms with Crippen LogP contribution in [-0.2, 0) is 4.79 Å². The number of H-pyrrole nitrogens is 1. The van der Waals surface area contributed by atoms with E-state index in [1.807, 2.05) is 62.1 Å². The second-order valence-corrected chi connectivity index (χ2v) is 8.13. The molecule has 1 N–H and O–H groups in total. The summed E-state index contributed by atoms with van der Waals surface area (Å²) in [5.41, 5.74) is 6.84. The van der Waals surface area contributed by atoms with Gasteiger partial charge in [-0.2, -0.15) is 5.26 Å². The van der Waals surface area contributed by atoms with Gasteiger partial charge in [0.2, 0.25) is 5.88 Å². The van der Waals surface area contributed by atoms with Gasteiger partial charge in [0.25, 0.3) is 5.91 Å². The van der Waals surface area contributed by atoms with Crippen LogP contribution < -0.4 is 4.74 Å². The summed E-state index contributed by atoms with van der Waals surface area (Å²) in [4.78, 5) is 25.7. The minimum atomic E-state index is -0.0584. The number of rotatable bonds is 6. The largest absolute Gasteiger partial charge is 0.469 e. The lowest BCUT2D eigenvalue weighted by molar-refractivity contribution is -0.109. The molecule has 7 nitrogen and oxygen atoms in total. The number of amides is 1. The van der Waals surface area contributed by atoms with Crippen molar-refractivity contribution < 1.29 is 14.3 Å². The number of nitrogens with one attached hydrogen (secondary N) is 1. The molecule has 4 rings (SSSR count). The molecule has 0 spiro atoms. The molecule has 0 unspecified atom stereocenters. The van der Waals surface area contributed by atoms with Crippen molar-refractivity contribution in [3.63, 3.8) is 0 Å². The Morgan fingerprint density at radius 1 is 1.22 bits per heavy atom. The number of carbonyl (C=O) groups is 2. The first-order valence-electron chi connectivity index (χ1n) is 10.4. The van der Waals surface area contributed by atoms with Crippen molar-refractivity contribution in [1.82, 2.24) is 15.1 Å². The molecule has 1 aliphatic rings. The molecule has 1 fully saturated rings. The molecule has 0 saturated carbocycles. The van der Waals surface area contributed by atoms with E-state index in [9.17, 15) is 9.59 Å². The number of nitriles is 1. The minimum Gasteiger partial charge on any atom is -0.469 e. The van der Waals surface area contributed by atoms with Gasteiger partial charge in [0.15, 0.2) is 6.29 Å². The van der Waals surface area contributed by atoms with E-state index in [2.05, 4.69) is 16.3 Å². The van der Waals surface area contributed by atoms with Crippen molar-refractivity contribution in [2.45, 2.75) is 26.7 Å². The highest BCUT2D eigenvalue weighted by atomic mass is 16.5. The van der Waals surface area contributed by atoms with Gasteiger partial charge in [-0.25, -0.2) is 0 Å². The molecular weight excluding hydrogens is 404 g/mol. The van der Waals surface area contributed by atoms with E-state index in [0.717, 1.165) is 33.5 Å². The van der Waals surface area contributed by atoms with E-state index in [1.54, 1.807) is 0 Å². The van der Waals surface area contributed by atoms with E-state index in [4.69, 9.17) is 10.00 Å². The van der Waals surface area contributed by atoms with Crippen LogP contribution in [-0.4, -0.2) is 47.0 Å². The molecule has 1 amide bonds. The van der Waals surface area contributed by atoms with Crippen molar-refractivity contribution in [1.29, 1.82) is 5.26 Å². The fourth-order valence-corrected chi connectivity index (χ4v) is 4.10. The number of benzene rings is 2. The summed E-state index contributed by atoms with van der Waals surface area (Å²) in [5, 5.41) is 16.1. The first kappa shape index (κ1) is 21.3. The quantitative estimate of drug-likeness (QED) is 0.604. The molecule has 3 aromatic rings. The van der Waals surface area contributed by atoms with Crippen LogP contribution in [0.1, 0.15) is 44.1 Å². The van der Waals surface area contributed by atoms with Crippen molar-refractivity contribution >= 4 is 12.2 Å². The molecule has 1 saturated heterocycles. The third-order valence-electron chi connectivity index (χ3n) is 6.00. The Morgan fingerprint density at radius 2 is 1.94 bits per heavy atom. The zero-order valence-electron chi connectivity index (χ0n) is 18.3. The molecule has 1 aromatic heterocycles. The molecule has 0 bridgehead atoms. The van der Waals surface area contributed by atoms with Crippen molar-refractivity contribution in [3.05, 3.63) is 69.8 Å². The van der Waals surface area contributed by atoms with Crippen molar-refractivity contribution in [3.8, 4) is 23.2 Å². The minimum absolute atomic E-state index is 0.00300. The Bertz CT molecular complexity index is 1220. The van der Waals surface area contributed by atoms with Gasteiger partial charge in [-0.15, -0.1) is 5.10 Å². The average molecular weight is 428 g/mol. The van der Waals surface area contributed by atoms with E-state index in [0.29, 0.717) is 36.4 Å². The molecule has 0 atom stereocenters. The third-order valence-corrected chi connectivity index (χ3v) is 6.00. The molecule has 162 valence electrons. The first-order chi connectivity index (χ1) is 15.4. The van der Waals surface area contributed by atoms with Crippen LogP contribution in [0.25, 0.3) is 11.3 Å². The fraction of sp³-hybridized carbons (Fsp3) is 0.280. The molecular formula is C25H24N4O3. The number of ether oxygens (including phenoxy) is 1. The van der Waals surface area contributed by atoms with Crippen LogP contribution in [0.15, 0.2) is 36.4 Å². The number of hydrogen-bond donors (Lipinski definition) is 1. The lowest BCUT2D eigenvalue weighted by Gasteiger charge is -2.40. The number of carbonyl (C=O) groups excluding carboxylic acids is 2. The van der Waals surface area contributed by atoms with Gasteiger partial charge in [-0.05, 0) is 55.7 Å². The number of aromatic nitrogens is 2. The Morgan fingerprint density at radius 3 is 2.59 bits per heavy atom. The normalized spacial score (nSPS) is 13.4. The van der Waals surface area contributed by atoms with Crippen LogP contribution in [0.4, 0.5) is 0 Å². The highest BCUT2D eigenvalue weighted by Crippen LogP contribution is 2.34. The van der Waals surface area contributed by atoms with E-state index < -0.39 is 0 Å². The van der Waals surface area contributed by atoms with Crippen LogP contribution in [0.3, 0.4) is 0 Å². The average Bonchev–Trinajstić information content (AvgIpc) is 3.11. The number of hydrogen-bond acceptors (Lipinski definition) is 5. The second-order valence-electron chi connectivity index (χ2n) is 8.13. The van der Waals surface area contributed by atoms with Gasteiger partial charge in [-0.1, -0.05) is 18.2 Å². The van der Waals surface area contributed by atoms with Crippen LogP contribution in [0.5, 0.6) is 5.88 Å². The number of likely N-dealkylation sites (tertiary alicyclic amines) is 1. The van der Waals surface area contributed by atoms with Gasteiger partial charge in [0.1, 0.15) is 6.61 Å². The van der Waals surface area contributed by atoms with E-state index >= 15 is 0 Å². The molecule has 1 aliphatic heterocycles. The lowest BCUT2D eigenvalue weighted by Crippen LogP contribution is -2.48. The Hall–Kier alpha value is -3.92. The van der Waals surface area contributed by atoms with Gasteiger partial charge in [0.05, 0.1) is 17.3 Å². The summed E-state index contributed by atoms with van der Waals surface area (Å²) in [5.74, 6) is 0.667. The molecule has 0 radical (unpaired) electrons. The highest BCUT2D eigenvalue weighted by Gasteiger charge is 2.33. The third kappa shape index (κ3) is 3.87. The molecule has 2 heterocycles. The Labute approximate surface area is 186 Å². The summed E-state index contributed by atoms with van der Waals surface area (Å²) < 4.78 is 5.36. The monoisotopic (exact) mass is 428 g/mol. The fourth-order valence-electron chi connectivity index (χ4n) is 4.10. The molecule has 7 heteroatoms. The smallest absolute Gasteiger partial charge is 0.254 e. The summed E-state index contributed by atoms with van der Waals surface area (Å²) in [6.45, 7) is 7.06. The summed E-state index contributed by atoms with van der Waals surface area (Å²) >= 11 is 0. The SMILES string of the molecule is Cc1cc(C)c(-c2[nH]nc(OCC=O)c2C)cc1C(=O)N1CC(c2ccc(C#N)cc2)C1. The number of aromatic amines is 1. The first-order valence-corrected chi connectivity index (χ1v) is 10.4. The predicted molar refractivity (Wildman–Crippen MR) is 120 cm³/mol. The van der Waals surface area contributed by atoms with Crippen LogP contribution >= 0.6 is 0 Å². The zero-order valence-corrected chi connectivity index (χ0v) is 18.3. The summed E-state index contributed by atoms with van der Waals surface area (Å²) in [6, 6.07) is 13.6. The topological polar surface area (TPSA) is 99.1 Å². The standard InChI is InChI=1S/C25H24N4O3/c1-15-10-16(2)22(11-21(15)23-17(3)24(28-27-23)32-9-8-30)25(31)29-13-20(14-29)19-6-4-18(12-26)5-7-19/h4-8,10-11,20H,9,13-14H2,1-3H3,(H,27,28). The van der Waals surface area contributed by atoms with E-state index in [-0.39, 0.29) is 18.4 Å². The predicted octanol–water partition coefficient (Wildman–Crippen LogP) is 3.69. The Kier molecular flexibility index (Phi) is 5.78. The maximum atomic E-state index is 13.2. The van der Waals surface area contributed by atoms with Crippen LogP contribution in [0, 0.1) is 32.1 Å². The zero-order chi connectivity index (χ0) is 22.8. The number of aryl methyl sites for hydroxylation is 2. The maximum absolute atomic E-state index is 13.2. The van der Waals surface area contributed by atoms with E-state index in [1.165, 1.54) is 0 Å². The van der Waals surface area contributed by atoms with Crippen molar-refractivity contribution in [2.75, 3.05) is 19.7 Å². The molecule has 32 heavy (non-hydrogen) atoms. The van der Waals surface area contributed by atoms with Gasteiger partial charge >= 0.3 is 0 Å². The summed E-state index contributed by atoms with van der Waals surface area (Å²) in [7, 11) is 0. The van der Waals surface area contributed by atoms with Gasteiger partial charge < -0.3 is 9.64 Å². The lowest BCUT2D eigenvalue weighted by atomic mass is 9.89. The highest BCUT2D eigenvalue weighted by molar-refractivity contribution is 5.98. The van der Waals surface area contributed by atoms with Crippen molar-refractivity contribution in [2.24, 2.45) is 0 Å². The van der Waals surface area contributed by atoms with Crippen LogP contribution in [0.2, 0.25) is 0 Å². The second kappa shape index (κ2) is 8.67.